The molecule has 0 saturated heterocycles. The van der Waals surface area contributed by atoms with Crippen LogP contribution < -0.4 is 5.32 Å². The minimum atomic E-state index is -0.896. The van der Waals surface area contributed by atoms with Gasteiger partial charge in [-0.3, -0.25) is 0 Å². The minimum Gasteiger partial charge on any atom is -0.480 e. The summed E-state index contributed by atoms with van der Waals surface area (Å²) >= 11 is 5.63. The summed E-state index contributed by atoms with van der Waals surface area (Å²) < 4.78 is 0. The third kappa shape index (κ3) is 4.02. The quantitative estimate of drug-likeness (QED) is 0.801. The predicted octanol–water partition coefficient (Wildman–Crippen LogP) is 2.19. The number of aromatic nitrogens is 2. The molecule has 0 radical (unpaired) electrons. The maximum atomic E-state index is 10.9. The number of rotatable bonds is 6. The summed E-state index contributed by atoms with van der Waals surface area (Å²) in [5.74, 6) is -0.611. The highest BCUT2D eigenvalue weighted by atomic mass is 35.5. The number of hydrogen-bond acceptors (Lipinski definition) is 4. The zero-order chi connectivity index (χ0) is 12.0. The number of carbonyl (C=O) groups is 1. The van der Waals surface area contributed by atoms with Gasteiger partial charge in [-0.25, -0.2) is 14.8 Å². The van der Waals surface area contributed by atoms with Gasteiger partial charge in [0.2, 0.25) is 5.95 Å². The summed E-state index contributed by atoms with van der Waals surface area (Å²) in [6.45, 7) is 2.01. The Balaban J connectivity index is 2.60. The SMILES string of the molecule is CCCCC(Nc1ncc(Cl)cn1)C(=O)O. The van der Waals surface area contributed by atoms with Crippen molar-refractivity contribution in [2.75, 3.05) is 5.32 Å². The number of nitrogens with zero attached hydrogens (tertiary/aromatic N) is 2. The number of unbranched alkanes of at least 4 members (excludes halogenated alkanes) is 1. The highest BCUT2D eigenvalue weighted by Gasteiger charge is 2.17. The molecule has 0 spiro atoms. The molecular formula is C10H14ClN3O2. The first-order valence-corrected chi connectivity index (χ1v) is 5.48. The summed E-state index contributed by atoms with van der Waals surface area (Å²) in [5, 5.41) is 12.2. The number of carboxylic acids is 1. The summed E-state index contributed by atoms with van der Waals surface area (Å²) in [6, 6.07) is -0.652. The first-order valence-electron chi connectivity index (χ1n) is 5.10. The van der Waals surface area contributed by atoms with E-state index in [1.807, 2.05) is 6.92 Å². The number of hydrogen-bond donors (Lipinski definition) is 2. The molecule has 0 aliphatic rings. The molecule has 1 aromatic rings. The molecule has 0 aliphatic heterocycles. The molecular weight excluding hydrogens is 230 g/mol. The Morgan fingerprint density at radius 1 is 1.56 bits per heavy atom. The van der Waals surface area contributed by atoms with Crippen LogP contribution in [0.5, 0.6) is 0 Å². The Morgan fingerprint density at radius 3 is 2.69 bits per heavy atom. The first kappa shape index (κ1) is 12.7. The molecule has 1 rings (SSSR count). The van der Waals surface area contributed by atoms with Crippen LogP contribution >= 0.6 is 11.6 Å². The maximum Gasteiger partial charge on any atom is 0.326 e. The fourth-order valence-electron chi connectivity index (χ4n) is 1.21. The van der Waals surface area contributed by atoms with Crippen LogP contribution in [0.15, 0.2) is 12.4 Å². The van der Waals surface area contributed by atoms with Crippen molar-refractivity contribution in [2.45, 2.75) is 32.2 Å². The first-order chi connectivity index (χ1) is 7.63. The van der Waals surface area contributed by atoms with E-state index in [0.717, 1.165) is 12.8 Å². The zero-order valence-electron chi connectivity index (χ0n) is 8.98. The molecule has 0 saturated carbocycles. The number of halogens is 1. The zero-order valence-corrected chi connectivity index (χ0v) is 9.74. The fraction of sp³-hybridized carbons (Fsp3) is 0.500. The highest BCUT2D eigenvalue weighted by molar-refractivity contribution is 6.30. The summed E-state index contributed by atoms with van der Waals surface area (Å²) in [5.41, 5.74) is 0. The van der Waals surface area contributed by atoms with Crippen LogP contribution in [0.3, 0.4) is 0 Å². The van der Waals surface area contributed by atoms with Crippen molar-refractivity contribution >= 4 is 23.5 Å². The Bertz CT molecular complexity index is 342. The van der Waals surface area contributed by atoms with Gasteiger partial charge >= 0.3 is 5.97 Å². The molecule has 1 heterocycles. The van der Waals surface area contributed by atoms with Gasteiger partial charge in [-0.1, -0.05) is 31.4 Å². The molecule has 0 amide bonds. The van der Waals surface area contributed by atoms with Crippen LogP contribution in [0.4, 0.5) is 5.95 Å². The largest absolute Gasteiger partial charge is 0.480 e. The molecule has 88 valence electrons. The smallest absolute Gasteiger partial charge is 0.326 e. The van der Waals surface area contributed by atoms with E-state index >= 15 is 0 Å². The van der Waals surface area contributed by atoms with Crippen molar-refractivity contribution in [3.05, 3.63) is 17.4 Å². The number of carboxylic acid groups (broad SMARTS) is 1. The molecule has 1 unspecified atom stereocenters. The van der Waals surface area contributed by atoms with Crippen LogP contribution in [0.1, 0.15) is 26.2 Å². The average Bonchev–Trinajstić information content (AvgIpc) is 2.26. The van der Waals surface area contributed by atoms with E-state index < -0.39 is 12.0 Å². The van der Waals surface area contributed by atoms with E-state index in [4.69, 9.17) is 16.7 Å². The predicted molar refractivity (Wildman–Crippen MR) is 61.6 cm³/mol. The van der Waals surface area contributed by atoms with E-state index in [1.54, 1.807) is 0 Å². The van der Waals surface area contributed by atoms with Crippen molar-refractivity contribution in [3.8, 4) is 0 Å². The molecule has 0 aliphatic carbocycles. The molecule has 1 atom stereocenters. The second-order valence-corrected chi connectivity index (χ2v) is 3.84. The standard InChI is InChI=1S/C10H14ClN3O2/c1-2-3-4-8(9(15)16)14-10-12-5-7(11)6-13-10/h5-6,8H,2-4H2,1H3,(H,15,16)(H,12,13,14). The fourth-order valence-corrected chi connectivity index (χ4v) is 1.31. The third-order valence-corrected chi connectivity index (χ3v) is 2.26. The molecule has 2 N–H and O–H groups in total. The Labute approximate surface area is 98.9 Å². The molecule has 1 aromatic heterocycles. The third-order valence-electron chi connectivity index (χ3n) is 2.07. The van der Waals surface area contributed by atoms with Crippen molar-refractivity contribution in [1.82, 2.24) is 9.97 Å². The topological polar surface area (TPSA) is 75.1 Å². The lowest BCUT2D eigenvalue weighted by Gasteiger charge is -2.13. The van der Waals surface area contributed by atoms with E-state index in [2.05, 4.69) is 15.3 Å². The van der Waals surface area contributed by atoms with Gasteiger partial charge in [-0.2, -0.15) is 0 Å². The van der Waals surface area contributed by atoms with E-state index in [0.29, 0.717) is 11.4 Å². The van der Waals surface area contributed by atoms with Gasteiger partial charge < -0.3 is 10.4 Å². The Hall–Kier alpha value is -1.36. The summed E-state index contributed by atoms with van der Waals surface area (Å²) in [6.07, 6.45) is 5.20. The molecule has 16 heavy (non-hydrogen) atoms. The van der Waals surface area contributed by atoms with E-state index in [-0.39, 0.29) is 5.95 Å². The molecule has 6 heteroatoms. The molecule has 0 bridgehead atoms. The normalized spacial score (nSPS) is 12.1. The van der Waals surface area contributed by atoms with Gasteiger partial charge in [0, 0.05) is 0 Å². The van der Waals surface area contributed by atoms with Gasteiger partial charge in [0.15, 0.2) is 0 Å². The molecule has 5 nitrogen and oxygen atoms in total. The van der Waals surface area contributed by atoms with Crippen LogP contribution in [0, 0.1) is 0 Å². The second-order valence-electron chi connectivity index (χ2n) is 3.40. The van der Waals surface area contributed by atoms with Crippen LogP contribution in [0.2, 0.25) is 5.02 Å². The van der Waals surface area contributed by atoms with Crippen molar-refractivity contribution in [3.63, 3.8) is 0 Å². The van der Waals surface area contributed by atoms with E-state index in [1.165, 1.54) is 12.4 Å². The lowest BCUT2D eigenvalue weighted by Crippen LogP contribution is -2.29. The second kappa shape index (κ2) is 6.27. The van der Waals surface area contributed by atoms with Gasteiger partial charge in [0.05, 0.1) is 17.4 Å². The van der Waals surface area contributed by atoms with Crippen molar-refractivity contribution in [2.24, 2.45) is 0 Å². The van der Waals surface area contributed by atoms with Crippen LogP contribution in [-0.2, 0) is 4.79 Å². The average molecular weight is 244 g/mol. The van der Waals surface area contributed by atoms with Crippen LogP contribution in [-0.4, -0.2) is 27.1 Å². The Kier molecular flexibility index (Phi) is 4.98. The monoisotopic (exact) mass is 243 g/mol. The minimum absolute atomic E-state index is 0.285. The van der Waals surface area contributed by atoms with Gasteiger partial charge in [-0.05, 0) is 6.42 Å². The lowest BCUT2D eigenvalue weighted by molar-refractivity contribution is -0.138. The highest BCUT2D eigenvalue weighted by Crippen LogP contribution is 2.09. The number of anilines is 1. The summed E-state index contributed by atoms with van der Waals surface area (Å²) in [7, 11) is 0. The van der Waals surface area contributed by atoms with Gasteiger partial charge in [0.25, 0.3) is 0 Å². The van der Waals surface area contributed by atoms with Crippen molar-refractivity contribution in [1.29, 1.82) is 0 Å². The van der Waals surface area contributed by atoms with Crippen molar-refractivity contribution < 1.29 is 9.90 Å². The van der Waals surface area contributed by atoms with Gasteiger partial charge in [-0.15, -0.1) is 0 Å². The lowest BCUT2D eigenvalue weighted by atomic mass is 10.1. The van der Waals surface area contributed by atoms with Crippen LogP contribution in [0.25, 0.3) is 0 Å². The molecule has 0 aromatic carbocycles. The number of aliphatic carboxylic acids is 1. The van der Waals surface area contributed by atoms with Gasteiger partial charge in [0.1, 0.15) is 6.04 Å². The molecule has 0 fully saturated rings. The Morgan fingerprint density at radius 2 is 2.19 bits per heavy atom. The summed E-state index contributed by atoms with van der Waals surface area (Å²) in [4.78, 5) is 18.7. The number of nitrogens with one attached hydrogen (secondary N) is 1. The maximum absolute atomic E-state index is 10.9. The van der Waals surface area contributed by atoms with E-state index in [9.17, 15) is 4.79 Å².